The van der Waals surface area contributed by atoms with Gasteiger partial charge >= 0.3 is 0 Å². The van der Waals surface area contributed by atoms with Crippen molar-refractivity contribution in [1.29, 1.82) is 0 Å². The second kappa shape index (κ2) is 8.15. The molecule has 0 bridgehead atoms. The molecular weight excluding hydrogens is 302 g/mol. The molecule has 2 N–H and O–H groups in total. The first-order chi connectivity index (χ1) is 11.8. The summed E-state index contributed by atoms with van der Waals surface area (Å²) in [4.78, 5) is 16.6. The van der Waals surface area contributed by atoms with Crippen molar-refractivity contribution in [2.45, 2.75) is 12.8 Å². The SMILES string of the molecule is O=C(CCCOc1ccccc1)Nc1ccccc1C1=NCCN1. The number of anilines is 1. The number of hydrogen-bond donors (Lipinski definition) is 2. The summed E-state index contributed by atoms with van der Waals surface area (Å²) in [6, 6.07) is 17.3. The first kappa shape index (κ1) is 16.1. The van der Waals surface area contributed by atoms with Crippen molar-refractivity contribution in [1.82, 2.24) is 5.32 Å². The number of aliphatic imine (C=N–C) groups is 1. The molecule has 3 rings (SSSR count). The number of nitrogens with zero attached hydrogens (tertiary/aromatic N) is 1. The molecule has 5 nitrogen and oxygen atoms in total. The number of nitrogens with one attached hydrogen (secondary N) is 2. The van der Waals surface area contributed by atoms with Gasteiger partial charge in [-0.2, -0.15) is 0 Å². The summed E-state index contributed by atoms with van der Waals surface area (Å²) in [6.07, 6.45) is 1.09. The number of benzene rings is 2. The molecule has 1 amide bonds. The third-order valence-electron chi connectivity index (χ3n) is 3.69. The van der Waals surface area contributed by atoms with E-state index in [1.54, 1.807) is 0 Å². The molecule has 0 aromatic heterocycles. The van der Waals surface area contributed by atoms with Gasteiger partial charge in [-0.1, -0.05) is 30.3 Å². The van der Waals surface area contributed by atoms with Crippen LogP contribution in [0.15, 0.2) is 59.6 Å². The number of amidine groups is 1. The number of ether oxygens (including phenoxy) is 1. The number of rotatable bonds is 7. The Labute approximate surface area is 141 Å². The molecule has 0 saturated heterocycles. The Morgan fingerprint density at radius 1 is 1.12 bits per heavy atom. The first-order valence-corrected chi connectivity index (χ1v) is 8.18. The summed E-state index contributed by atoms with van der Waals surface area (Å²) in [5.74, 6) is 1.66. The molecule has 2 aromatic rings. The van der Waals surface area contributed by atoms with E-state index in [9.17, 15) is 4.79 Å². The lowest BCUT2D eigenvalue weighted by Gasteiger charge is -2.11. The molecule has 1 heterocycles. The van der Waals surface area contributed by atoms with Gasteiger partial charge in [-0.05, 0) is 30.7 Å². The summed E-state index contributed by atoms with van der Waals surface area (Å²) in [5, 5.41) is 6.21. The summed E-state index contributed by atoms with van der Waals surface area (Å²) >= 11 is 0. The highest BCUT2D eigenvalue weighted by Gasteiger charge is 2.13. The van der Waals surface area contributed by atoms with Gasteiger partial charge in [0, 0.05) is 18.5 Å². The normalized spacial score (nSPS) is 13.1. The molecule has 1 aliphatic rings. The predicted molar refractivity (Wildman–Crippen MR) is 95.6 cm³/mol. The van der Waals surface area contributed by atoms with Gasteiger partial charge in [0.1, 0.15) is 11.6 Å². The molecule has 0 spiro atoms. The second-order valence-electron chi connectivity index (χ2n) is 5.52. The molecule has 0 atom stereocenters. The Kier molecular flexibility index (Phi) is 5.45. The third kappa shape index (κ3) is 4.35. The van der Waals surface area contributed by atoms with E-state index < -0.39 is 0 Å². The van der Waals surface area contributed by atoms with Crippen LogP contribution in [-0.2, 0) is 4.79 Å². The quantitative estimate of drug-likeness (QED) is 0.770. The fourth-order valence-corrected chi connectivity index (χ4v) is 2.53. The number of para-hydroxylation sites is 2. The van der Waals surface area contributed by atoms with E-state index in [-0.39, 0.29) is 5.91 Å². The van der Waals surface area contributed by atoms with Gasteiger partial charge in [-0.15, -0.1) is 0 Å². The molecule has 5 heteroatoms. The van der Waals surface area contributed by atoms with Crippen molar-refractivity contribution < 1.29 is 9.53 Å². The van der Waals surface area contributed by atoms with Crippen molar-refractivity contribution in [2.24, 2.45) is 4.99 Å². The Morgan fingerprint density at radius 2 is 1.92 bits per heavy atom. The van der Waals surface area contributed by atoms with E-state index in [1.165, 1.54) is 0 Å². The van der Waals surface area contributed by atoms with Crippen LogP contribution in [0.3, 0.4) is 0 Å². The van der Waals surface area contributed by atoms with Gasteiger partial charge < -0.3 is 15.4 Å². The fourth-order valence-electron chi connectivity index (χ4n) is 2.53. The van der Waals surface area contributed by atoms with E-state index in [2.05, 4.69) is 15.6 Å². The maximum absolute atomic E-state index is 12.2. The van der Waals surface area contributed by atoms with Crippen LogP contribution >= 0.6 is 0 Å². The Hall–Kier alpha value is -2.82. The summed E-state index contributed by atoms with van der Waals surface area (Å²) in [5.41, 5.74) is 1.73. The average molecular weight is 323 g/mol. The fraction of sp³-hybridized carbons (Fsp3) is 0.263. The molecule has 24 heavy (non-hydrogen) atoms. The number of amides is 1. The summed E-state index contributed by atoms with van der Waals surface area (Å²) in [7, 11) is 0. The molecular formula is C19H21N3O2. The van der Waals surface area contributed by atoms with Crippen LogP contribution in [-0.4, -0.2) is 31.4 Å². The van der Waals surface area contributed by atoms with E-state index in [0.29, 0.717) is 19.4 Å². The zero-order valence-electron chi connectivity index (χ0n) is 13.5. The van der Waals surface area contributed by atoms with Crippen LogP contribution in [0.5, 0.6) is 5.75 Å². The van der Waals surface area contributed by atoms with Gasteiger partial charge in [-0.3, -0.25) is 9.79 Å². The molecule has 0 fully saturated rings. The number of carbonyl (C=O) groups excluding carboxylic acids is 1. The molecule has 1 aliphatic heterocycles. The highest BCUT2D eigenvalue weighted by Crippen LogP contribution is 2.17. The molecule has 2 aromatic carbocycles. The van der Waals surface area contributed by atoms with Gasteiger partial charge in [0.2, 0.25) is 5.91 Å². The van der Waals surface area contributed by atoms with Crippen molar-refractivity contribution in [3.05, 3.63) is 60.2 Å². The van der Waals surface area contributed by atoms with E-state index >= 15 is 0 Å². The molecule has 0 radical (unpaired) electrons. The average Bonchev–Trinajstić information content (AvgIpc) is 3.15. The van der Waals surface area contributed by atoms with E-state index in [0.717, 1.165) is 35.9 Å². The summed E-state index contributed by atoms with van der Waals surface area (Å²) < 4.78 is 5.60. The number of hydrogen-bond acceptors (Lipinski definition) is 4. The number of carbonyl (C=O) groups is 1. The van der Waals surface area contributed by atoms with Crippen LogP contribution < -0.4 is 15.4 Å². The van der Waals surface area contributed by atoms with Gasteiger partial charge in [0.25, 0.3) is 0 Å². The maximum Gasteiger partial charge on any atom is 0.224 e. The monoisotopic (exact) mass is 323 g/mol. The molecule has 124 valence electrons. The summed E-state index contributed by atoms with van der Waals surface area (Å²) in [6.45, 7) is 2.14. The van der Waals surface area contributed by atoms with Crippen LogP contribution in [0.2, 0.25) is 0 Å². The predicted octanol–water partition coefficient (Wildman–Crippen LogP) is 2.83. The van der Waals surface area contributed by atoms with E-state index in [4.69, 9.17) is 4.74 Å². The maximum atomic E-state index is 12.2. The topological polar surface area (TPSA) is 62.7 Å². The second-order valence-corrected chi connectivity index (χ2v) is 5.52. The Balaban J connectivity index is 1.48. The minimum atomic E-state index is -0.0160. The lowest BCUT2D eigenvalue weighted by atomic mass is 10.1. The smallest absolute Gasteiger partial charge is 0.224 e. The van der Waals surface area contributed by atoms with Crippen LogP contribution in [0, 0.1) is 0 Å². The van der Waals surface area contributed by atoms with Crippen LogP contribution in [0.4, 0.5) is 5.69 Å². The first-order valence-electron chi connectivity index (χ1n) is 8.18. The lowest BCUT2D eigenvalue weighted by molar-refractivity contribution is -0.116. The molecule has 0 unspecified atom stereocenters. The van der Waals surface area contributed by atoms with Gasteiger partial charge in [0.15, 0.2) is 0 Å². The Bertz CT molecular complexity index is 714. The van der Waals surface area contributed by atoms with E-state index in [1.807, 2.05) is 54.6 Å². The largest absolute Gasteiger partial charge is 0.494 e. The van der Waals surface area contributed by atoms with Gasteiger partial charge in [-0.25, -0.2) is 0 Å². The molecule has 0 aliphatic carbocycles. The van der Waals surface area contributed by atoms with Crippen LogP contribution in [0.1, 0.15) is 18.4 Å². The van der Waals surface area contributed by atoms with Crippen molar-refractivity contribution >= 4 is 17.4 Å². The third-order valence-corrected chi connectivity index (χ3v) is 3.69. The highest BCUT2D eigenvalue weighted by atomic mass is 16.5. The minimum absolute atomic E-state index is 0.0160. The highest BCUT2D eigenvalue weighted by molar-refractivity contribution is 6.07. The zero-order valence-corrected chi connectivity index (χ0v) is 13.5. The lowest BCUT2D eigenvalue weighted by Crippen LogP contribution is -2.22. The Morgan fingerprint density at radius 3 is 2.71 bits per heavy atom. The van der Waals surface area contributed by atoms with Gasteiger partial charge in [0.05, 0.1) is 18.8 Å². The van der Waals surface area contributed by atoms with Crippen LogP contribution in [0.25, 0.3) is 0 Å². The molecule has 0 saturated carbocycles. The zero-order chi connectivity index (χ0) is 16.6. The standard InChI is InChI=1S/C19H21N3O2/c23-18(11-6-14-24-15-7-2-1-3-8-15)22-17-10-5-4-9-16(17)19-20-12-13-21-19/h1-5,7-10H,6,11-14H2,(H,20,21)(H,22,23). The van der Waals surface area contributed by atoms with Crippen molar-refractivity contribution in [3.8, 4) is 5.75 Å². The van der Waals surface area contributed by atoms with Crippen molar-refractivity contribution in [2.75, 3.05) is 25.0 Å². The minimum Gasteiger partial charge on any atom is -0.494 e. The van der Waals surface area contributed by atoms with Crippen molar-refractivity contribution in [3.63, 3.8) is 0 Å².